The van der Waals surface area contributed by atoms with Gasteiger partial charge in [0.2, 0.25) is 5.91 Å². The lowest BCUT2D eigenvalue weighted by Gasteiger charge is -2.29. The van der Waals surface area contributed by atoms with Crippen LogP contribution in [0.5, 0.6) is 5.75 Å². The summed E-state index contributed by atoms with van der Waals surface area (Å²) >= 11 is 5.90. The Morgan fingerprint density at radius 3 is 2.50 bits per heavy atom. The molecule has 1 amide bonds. The van der Waals surface area contributed by atoms with E-state index in [1.807, 2.05) is 49.1 Å². The smallest absolute Gasteiger partial charge is 0.250 e. The molecular weight excluding hydrogens is 529 g/mol. The predicted molar refractivity (Wildman–Crippen MR) is 157 cm³/mol. The van der Waals surface area contributed by atoms with Crippen molar-refractivity contribution in [3.63, 3.8) is 0 Å². The number of benzene rings is 2. The molecule has 1 saturated heterocycles. The number of hydrogen-bond donors (Lipinski definition) is 2. The Morgan fingerprint density at radius 2 is 1.82 bits per heavy atom. The van der Waals surface area contributed by atoms with Gasteiger partial charge < -0.3 is 29.6 Å². The highest BCUT2D eigenvalue weighted by Gasteiger charge is 2.42. The van der Waals surface area contributed by atoms with Crippen molar-refractivity contribution in [2.24, 2.45) is 0 Å². The topological polar surface area (TPSA) is 80.7 Å². The molecular formula is C30H30FN5O3S. The third-order valence-electron chi connectivity index (χ3n) is 6.98. The molecule has 40 heavy (non-hydrogen) atoms. The minimum atomic E-state index is -0.300. The zero-order valence-corrected chi connectivity index (χ0v) is 23.5. The first-order chi connectivity index (χ1) is 19.3. The molecule has 0 saturated carbocycles. The highest BCUT2D eigenvalue weighted by molar-refractivity contribution is 7.80. The van der Waals surface area contributed by atoms with Gasteiger partial charge in [-0.3, -0.25) is 9.78 Å². The summed E-state index contributed by atoms with van der Waals surface area (Å²) in [5, 5.41) is 6.86. The van der Waals surface area contributed by atoms with E-state index >= 15 is 0 Å². The molecule has 8 nitrogen and oxygen atoms in total. The molecule has 0 aliphatic carbocycles. The first-order valence-corrected chi connectivity index (χ1v) is 13.2. The van der Waals surface area contributed by atoms with E-state index in [1.54, 1.807) is 31.5 Å². The average molecular weight is 560 g/mol. The van der Waals surface area contributed by atoms with E-state index in [-0.39, 0.29) is 30.4 Å². The number of ether oxygens (including phenoxy) is 2. The van der Waals surface area contributed by atoms with Gasteiger partial charge in [-0.2, -0.15) is 0 Å². The number of thiocarbonyl (C=S) groups is 1. The van der Waals surface area contributed by atoms with Gasteiger partial charge in [0, 0.05) is 36.1 Å². The van der Waals surface area contributed by atoms with Gasteiger partial charge in [0.15, 0.2) is 5.11 Å². The summed E-state index contributed by atoms with van der Waals surface area (Å²) in [6.07, 6.45) is 1.76. The zero-order chi connectivity index (χ0) is 28.4. The molecule has 2 aromatic heterocycles. The maximum absolute atomic E-state index is 13.7. The van der Waals surface area contributed by atoms with E-state index in [1.165, 1.54) is 19.2 Å². The van der Waals surface area contributed by atoms with Crippen LogP contribution < -0.4 is 20.3 Å². The van der Waals surface area contributed by atoms with Crippen molar-refractivity contribution in [3.8, 4) is 11.4 Å². The summed E-state index contributed by atoms with van der Waals surface area (Å²) in [6.45, 7) is 3.99. The quantitative estimate of drug-likeness (QED) is 0.280. The number of anilines is 2. The fourth-order valence-corrected chi connectivity index (χ4v) is 5.63. The van der Waals surface area contributed by atoms with E-state index in [9.17, 15) is 9.18 Å². The van der Waals surface area contributed by atoms with Gasteiger partial charge in [-0.15, -0.1) is 0 Å². The van der Waals surface area contributed by atoms with Crippen LogP contribution in [-0.4, -0.2) is 41.4 Å². The van der Waals surface area contributed by atoms with Crippen molar-refractivity contribution in [1.82, 2.24) is 14.9 Å². The molecule has 1 fully saturated rings. The first-order valence-electron chi connectivity index (χ1n) is 12.7. The van der Waals surface area contributed by atoms with Gasteiger partial charge in [0.05, 0.1) is 30.6 Å². The van der Waals surface area contributed by atoms with E-state index < -0.39 is 0 Å². The van der Waals surface area contributed by atoms with Crippen molar-refractivity contribution in [3.05, 3.63) is 101 Å². The number of amides is 1. The second-order valence-electron chi connectivity index (χ2n) is 9.50. The van der Waals surface area contributed by atoms with Crippen LogP contribution in [0.2, 0.25) is 0 Å². The molecule has 2 aromatic carbocycles. The Bertz CT molecular complexity index is 1540. The predicted octanol–water partition coefficient (Wildman–Crippen LogP) is 5.40. The van der Waals surface area contributed by atoms with Crippen LogP contribution in [0.1, 0.15) is 34.7 Å². The van der Waals surface area contributed by atoms with Crippen LogP contribution in [0.4, 0.5) is 15.8 Å². The van der Waals surface area contributed by atoms with E-state index in [0.29, 0.717) is 16.5 Å². The lowest BCUT2D eigenvalue weighted by molar-refractivity contribution is -0.119. The van der Waals surface area contributed by atoms with Gasteiger partial charge in [-0.1, -0.05) is 6.07 Å². The van der Waals surface area contributed by atoms with Crippen LogP contribution in [0.15, 0.2) is 72.9 Å². The first kappa shape index (κ1) is 27.3. The molecule has 206 valence electrons. The average Bonchev–Trinajstić information content (AvgIpc) is 3.44. The number of carbonyl (C=O) groups is 1. The summed E-state index contributed by atoms with van der Waals surface area (Å²) in [5.74, 6) is -0.0736. The maximum Gasteiger partial charge on any atom is 0.250 e. The van der Waals surface area contributed by atoms with Crippen LogP contribution in [0, 0.1) is 19.7 Å². The Kier molecular flexibility index (Phi) is 7.81. The molecule has 10 heteroatoms. The number of halogens is 1. The standard InChI is InChI=1S/C30H30FN5O3S/c1-18-15-23(19(2)35(18)21-10-8-20(31)9-11-21)29-28(24-7-5-6-14-32-24)34-30(40)36(29)22-12-13-26(39-4)25(16-22)33-27(37)17-38-3/h5-16,28-29H,17H2,1-4H3,(H,33,37)(H,34,40)/t28-,29-/m1/s1. The molecule has 5 rings (SSSR count). The van der Waals surface area contributed by atoms with Crippen LogP contribution in [0.3, 0.4) is 0 Å². The fourth-order valence-electron chi connectivity index (χ4n) is 5.28. The van der Waals surface area contributed by atoms with Gasteiger partial charge in [-0.05, 0) is 92.3 Å². The molecule has 2 atom stereocenters. The SMILES string of the molecule is COCC(=O)Nc1cc(N2C(=S)N[C@H](c3ccccn3)[C@H]2c2cc(C)n(-c3ccc(F)cc3)c2C)ccc1OC. The monoisotopic (exact) mass is 559 g/mol. The van der Waals surface area contributed by atoms with Crippen LogP contribution in [-0.2, 0) is 9.53 Å². The third kappa shape index (κ3) is 5.15. The van der Waals surface area contributed by atoms with Gasteiger partial charge in [0.1, 0.15) is 18.2 Å². The summed E-state index contributed by atoms with van der Waals surface area (Å²) < 4.78 is 26.3. The highest BCUT2D eigenvalue weighted by Crippen LogP contribution is 2.45. The molecule has 1 aliphatic rings. The van der Waals surface area contributed by atoms with Gasteiger partial charge in [0.25, 0.3) is 0 Å². The summed E-state index contributed by atoms with van der Waals surface area (Å²) in [7, 11) is 3.01. The summed E-state index contributed by atoms with van der Waals surface area (Å²) in [5.41, 5.74) is 6.00. The third-order valence-corrected chi connectivity index (χ3v) is 7.30. The lowest BCUT2D eigenvalue weighted by atomic mass is 9.96. The Morgan fingerprint density at radius 1 is 1.07 bits per heavy atom. The van der Waals surface area contributed by atoms with Crippen molar-refractivity contribution in [2.75, 3.05) is 31.0 Å². The molecule has 0 spiro atoms. The number of aryl methyl sites for hydroxylation is 1. The second kappa shape index (κ2) is 11.4. The Hall–Kier alpha value is -4.28. The number of hydrogen-bond acceptors (Lipinski definition) is 5. The molecule has 0 bridgehead atoms. The van der Waals surface area contributed by atoms with Crippen molar-refractivity contribution < 1.29 is 18.7 Å². The second-order valence-corrected chi connectivity index (χ2v) is 9.89. The minimum Gasteiger partial charge on any atom is -0.495 e. The number of nitrogens with zero attached hydrogens (tertiary/aromatic N) is 3. The zero-order valence-electron chi connectivity index (χ0n) is 22.6. The molecule has 0 unspecified atom stereocenters. The largest absolute Gasteiger partial charge is 0.495 e. The summed E-state index contributed by atoms with van der Waals surface area (Å²) in [6, 6.07) is 19.4. The normalized spacial score (nSPS) is 16.6. The van der Waals surface area contributed by atoms with Gasteiger partial charge in [-0.25, -0.2) is 4.39 Å². The van der Waals surface area contributed by atoms with Crippen LogP contribution in [0.25, 0.3) is 5.69 Å². The highest BCUT2D eigenvalue weighted by atomic mass is 32.1. The number of nitrogens with one attached hydrogen (secondary N) is 2. The van der Waals surface area contributed by atoms with Gasteiger partial charge >= 0.3 is 0 Å². The van der Waals surface area contributed by atoms with Crippen molar-refractivity contribution >= 4 is 34.6 Å². The fraction of sp³-hybridized carbons (Fsp3) is 0.233. The number of carbonyl (C=O) groups excluding carboxylic acids is 1. The number of aromatic nitrogens is 2. The minimum absolute atomic E-state index is 0.0865. The number of rotatable bonds is 8. The molecule has 2 N–H and O–H groups in total. The number of methoxy groups -OCH3 is 2. The van der Waals surface area contributed by atoms with E-state index in [4.69, 9.17) is 21.7 Å². The summed E-state index contributed by atoms with van der Waals surface area (Å²) in [4.78, 5) is 19.0. The Labute approximate surface area is 237 Å². The lowest BCUT2D eigenvalue weighted by Crippen LogP contribution is -2.29. The van der Waals surface area contributed by atoms with Crippen LogP contribution >= 0.6 is 12.2 Å². The molecule has 0 radical (unpaired) electrons. The number of pyridine rings is 1. The van der Waals surface area contributed by atoms with Crippen molar-refractivity contribution in [1.29, 1.82) is 0 Å². The molecule has 3 heterocycles. The Balaban J connectivity index is 1.64. The van der Waals surface area contributed by atoms with Crippen molar-refractivity contribution in [2.45, 2.75) is 25.9 Å². The van der Waals surface area contributed by atoms with E-state index in [0.717, 1.165) is 34.0 Å². The van der Waals surface area contributed by atoms with E-state index in [2.05, 4.69) is 26.3 Å². The molecule has 4 aromatic rings. The molecule has 1 aliphatic heterocycles. The maximum atomic E-state index is 13.7.